The Bertz CT molecular complexity index is 993. The molecule has 154 valence electrons. The van der Waals surface area contributed by atoms with E-state index in [1.807, 2.05) is 26.8 Å². The fourth-order valence-electron chi connectivity index (χ4n) is 4.97. The fourth-order valence-corrected chi connectivity index (χ4v) is 5.37. The second-order valence-electron chi connectivity index (χ2n) is 8.59. The van der Waals surface area contributed by atoms with Crippen molar-refractivity contribution in [3.8, 4) is 0 Å². The zero-order chi connectivity index (χ0) is 21.2. The fraction of sp³-hybridized carbons (Fsp3) is 0.476. The third kappa shape index (κ3) is 3.07. The molecule has 4 nitrogen and oxygen atoms in total. The number of nitrogens with zero attached hydrogens (tertiary/aromatic N) is 2. The number of Topliss-reactive ketones (excluding diaryl/α,β-unsaturated/α-hetero) is 1. The van der Waals surface area contributed by atoms with Crippen molar-refractivity contribution in [3.63, 3.8) is 0 Å². The van der Waals surface area contributed by atoms with Crippen LogP contribution in [0.2, 0.25) is 0 Å². The number of carbonyl (C=O) groups is 1. The molecule has 1 aliphatic carbocycles. The van der Waals surface area contributed by atoms with E-state index in [0.29, 0.717) is 29.7 Å². The van der Waals surface area contributed by atoms with Crippen molar-refractivity contribution in [2.45, 2.75) is 57.8 Å². The average molecular weight is 468 g/mol. The summed E-state index contributed by atoms with van der Waals surface area (Å²) in [5.74, 6) is -0.120. The molecule has 2 heterocycles. The number of carbonyl (C=O) groups excluding carboxylic acids is 1. The number of ketones is 1. The predicted octanol–water partition coefficient (Wildman–Crippen LogP) is 5.95. The Morgan fingerprint density at radius 3 is 2.62 bits per heavy atom. The van der Waals surface area contributed by atoms with Gasteiger partial charge in [-0.15, -0.1) is 5.11 Å². The third-order valence-corrected chi connectivity index (χ3v) is 6.48. The number of nitrogens with one attached hydrogen (secondary N) is 1. The van der Waals surface area contributed by atoms with Gasteiger partial charge >= 0.3 is 6.18 Å². The van der Waals surface area contributed by atoms with Gasteiger partial charge in [0.25, 0.3) is 0 Å². The lowest BCUT2D eigenvalue weighted by Gasteiger charge is -2.48. The number of hydrogen-bond donors (Lipinski definition) is 1. The zero-order valence-electron chi connectivity index (χ0n) is 16.3. The molecular formula is C21H21BrF3N3O. The van der Waals surface area contributed by atoms with E-state index < -0.39 is 23.5 Å². The lowest BCUT2D eigenvalue weighted by Crippen LogP contribution is -2.52. The molecule has 0 amide bonds. The lowest BCUT2D eigenvalue weighted by molar-refractivity contribution is -0.119. The van der Waals surface area contributed by atoms with Crippen molar-refractivity contribution in [3.05, 3.63) is 56.8 Å². The summed E-state index contributed by atoms with van der Waals surface area (Å²) in [5.41, 5.74) is -0.716. The summed E-state index contributed by atoms with van der Waals surface area (Å²) in [7, 11) is 0. The number of rotatable bonds is 2. The number of halogens is 4. The minimum absolute atomic E-state index is 0.0254. The molecule has 1 N–H and O–H groups in total. The van der Waals surface area contributed by atoms with E-state index in [0.717, 1.165) is 4.47 Å². The predicted molar refractivity (Wildman–Crippen MR) is 106 cm³/mol. The van der Waals surface area contributed by atoms with Gasteiger partial charge in [0, 0.05) is 27.7 Å². The number of fused-ring (bicyclic) bond motifs is 1. The van der Waals surface area contributed by atoms with Crippen LogP contribution < -0.4 is 5.32 Å². The molecule has 0 spiro atoms. The molecule has 2 unspecified atom stereocenters. The first-order valence-electron chi connectivity index (χ1n) is 9.52. The van der Waals surface area contributed by atoms with Gasteiger partial charge in [0.2, 0.25) is 0 Å². The van der Waals surface area contributed by atoms with Crippen LogP contribution in [0.4, 0.5) is 13.2 Å². The van der Waals surface area contributed by atoms with E-state index in [4.69, 9.17) is 0 Å². The van der Waals surface area contributed by atoms with Gasteiger partial charge < -0.3 is 5.32 Å². The van der Waals surface area contributed by atoms with Crippen molar-refractivity contribution in [2.24, 2.45) is 15.6 Å². The maximum absolute atomic E-state index is 13.9. The van der Waals surface area contributed by atoms with Gasteiger partial charge in [-0.2, -0.15) is 18.3 Å². The number of azo groups is 1. The van der Waals surface area contributed by atoms with Crippen LogP contribution in [0.1, 0.15) is 45.6 Å². The van der Waals surface area contributed by atoms with Crippen LogP contribution >= 0.6 is 15.9 Å². The van der Waals surface area contributed by atoms with Crippen molar-refractivity contribution in [1.82, 2.24) is 5.32 Å². The smallest absolute Gasteiger partial charge is 0.362 e. The van der Waals surface area contributed by atoms with Crippen LogP contribution in [-0.2, 0) is 10.2 Å². The van der Waals surface area contributed by atoms with Crippen LogP contribution in [0.15, 0.2) is 61.5 Å². The normalized spacial score (nSPS) is 28.4. The number of benzene rings is 1. The van der Waals surface area contributed by atoms with Gasteiger partial charge in [0.1, 0.15) is 0 Å². The number of allylic oxidation sites excluding steroid dienone is 3. The van der Waals surface area contributed by atoms with E-state index in [1.165, 1.54) is 0 Å². The van der Waals surface area contributed by atoms with E-state index in [2.05, 4.69) is 31.5 Å². The Hall–Kier alpha value is -1.96. The average Bonchev–Trinajstić information content (AvgIpc) is 3.03. The highest BCUT2D eigenvalue weighted by Gasteiger charge is 2.57. The first kappa shape index (κ1) is 20.3. The van der Waals surface area contributed by atoms with Gasteiger partial charge in [0.15, 0.2) is 17.6 Å². The van der Waals surface area contributed by atoms with Crippen LogP contribution in [0.3, 0.4) is 0 Å². The highest BCUT2D eigenvalue weighted by molar-refractivity contribution is 9.10. The first-order chi connectivity index (χ1) is 13.5. The topological polar surface area (TPSA) is 53.8 Å². The molecule has 2 aliphatic heterocycles. The molecule has 1 aromatic carbocycles. The number of alkyl halides is 3. The summed E-state index contributed by atoms with van der Waals surface area (Å²) in [6, 6.07) is 7.17. The van der Waals surface area contributed by atoms with Gasteiger partial charge in [-0.05, 0) is 36.0 Å². The van der Waals surface area contributed by atoms with Crippen molar-refractivity contribution >= 4 is 21.7 Å². The largest absolute Gasteiger partial charge is 0.435 e. The quantitative estimate of drug-likeness (QED) is 0.583. The molecule has 0 saturated carbocycles. The molecule has 4 rings (SSSR count). The Morgan fingerprint density at radius 1 is 1.28 bits per heavy atom. The van der Waals surface area contributed by atoms with Gasteiger partial charge in [-0.25, -0.2) is 0 Å². The van der Waals surface area contributed by atoms with Crippen molar-refractivity contribution in [2.75, 3.05) is 0 Å². The SMILES string of the molecule is CCC1(c2cccc(Br)c2)C2=C(CC(C)(C)CC2=O)NC2N=NC(C(F)(F)F)=C21. The summed E-state index contributed by atoms with van der Waals surface area (Å²) in [4.78, 5) is 13.3. The van der Waals surface area contributed by atoms with Crippen LogP contribution in [0, 0.1) is 5.41 Å². The number of hydrogen-bond acceptors (Lipinski definition) is 4. The highest BCUT2D eigenvalue weighted by atomic mass is 79.9. The third-order valence-electron chi connectivity index (χ3n) is 5.99. The molecule has 0 bridgehead atoms. The molecule has 8 heteroatoms. The molecule has 3 aliphatic rings. The molecule has 1 aromatic rings. The van der Waals surface area contributed by atoms with Crippen LogP contribution in [0.5, 0.6) is 0 Å². The lowest BCUT2D eigenvalue weighted by atomic mass is 9.58. The Morgan fingerprint density at radius 2 is 2.00 bits per heavy atom. The van der Waals surface area contributed by atoms with Gasteiger partial charge in [-0.1, -0.05) is 48.8 Å². The maximum atomic E-state index is 13.9. The van der Waals surface area contributed by atoms with E-state index in [9.17, 15) is 18.0 Å². The van der Waals surface area contributed by atoms with E-state index in [-0.39, 0.29) is 23.2 Å². The Balaban J connectivity index is 2.09. The van der Waals surface area contributed by atoms with Crippen molar-refractivity contribution in [1.29, 1.82) is 0 Å². The van der Waals surface area contributed by atoms with Gasteiger partial charge in [-0.3, -0.25) is 4.79 Å². The van der Waals surface area contributed by atoms with Crippen molar-refractivity contribution < 1.29 is 18.0 Å². The Kier molecular flexibility index (Phi) is 4.57. The van der Waals surface area contributed by atoms with E-state index >= 15 is 0 Å². The Labute approximate surface area is 175 Å². The summed E-state index contributed by atoms with van der Waals surface area (Å²) in [5, 5.41) is 10.6. The summed E-state index contributed by atoms with van der Waals surface area (Å²) < 4.78 is 42.4. The highest BCUT2D eigenvalue weighted by Crippen LogP contribution is 2.56. The molecule has 29 heavy (non-hydrogen) atoms. The van der Waals surface area contributed by atoms with Gasteiger partial charge in [0.05, 0.1) is 5.41 Å². The summed E-state index contributed by atoms with van der Waals surface area (Å²) in [6.45, 7) is 5.80. The minimum atomic E-state index is -4.66. The summed E-state index contributed by atoms with van der Waals surface area (Å²) >= 11 is 3.43. The first-order valence-corrected chi connectivity index (χ1v) is 10.3. The summed E-state index contributed by atoms with van der Waals surface area (Å²) in [6.07, 6.45) is -4.42. The van der Waals surface area contributed by atoms with Crippen LogP contribution in [0.25, 0.3) is 0 Å². The molecule has 0 radical (unpaired) electrons. The molecule has 2 atom stereocenters. The van der Waals surface area contributed by atoms with E-state index in [1.54, 1.807) is 18.2 Å². The minimum Gasteiger partial charge on any atom is -0.362 e. The zero-order valence-corrected chi connectivity index (χ0v) is 17.9. The van der Waals surface area contributed by atoms with Crippen LogP contribution in [-0.4, -0.2) is 18.1 Å². The maximum Gasteiger partial charge on any atom is 0.435 e. The second kappa shape index (κ2) is 6.52. The molecule has 0 fully saturated rings. The molecule has 0 saturated heterocycles. The standard InChI is InChI=1S/C21H21BrF3N3O/c1-4-20(11-6-5-7-12(22)8-11)15-13(9-19(2,3)10-14(15)29)26-18-16(20)17(27-28-18)21(23,24)25/h5-8,18,26H,4,9-10H2,1-3H3. The molecular weight excluding hydrogens is 447 g/mol. The molecule has 0 aromatic heterocycles. The monoisotopic (exact) mass is 467 g/mol. The second-order valence-corrected chi connectivity index (χ2v) is 9.50.